The minimum atomic E-state index is 0.450. The summed E-state index contributed by atoms with van der Waals surface area (Å²) in [6.07, 6.45) is 4.06. The monoisotopic (exact) mass is 283 g/mol. The van der Waals surface area contributed by atoms with Crippen LogP contribution in [0.2, 0.25) is 0 Å². The van der Waals surface area contributed by atoms with Crippen molar-refractivity contribution in [3.8, 4) is 0 Å². The van der Waals surface area contributed by atoms with Gasteiger partial charge in [-0.2, -0.15) is 5.10 Å². The van der Waals surface area contributed by atoms with Gasteiger partial charge in [0.25, 0.3) is 0 Å². The molecule has 3 heterocycles. The van der Waals surface area contributed by atoms with E-state index < -0.39 is 0 Å². The molecule has 0 amide bonds. The molecule has 100 valence electrons. The minimum Gasteiger partial charge on any atom is -0.325 e. The lowest BCUT2D eigenvalue weighted by Gasteiger charge is -1.99. The first kappa shape index (κ1) is 11.6. The fraction of sp³-hybridized carbons (Fsp3) is 0.143. The molecule has 0 bridgehead atoms. The first-order valence-corrected chi connectivity index (χ1v) is 7.28. The van der Waals surface area contributed by atoms with Crippen LogP contribution < -0.4 is 5.73 Å². The fourth-order valence-electron chi connectivity index (χ4n) is 2.47. The summed E-state index contributed by atoms with van der Waals surface area (Å²) in [4.78, 5) is 5.61. The number of thiazole rings is 1. The van der Waals surface area contributed by atoms with E-state index in [2.05, 4.69) is 22.2 Å². The highest BCUT2D eigenvalue weighted by atomic mass is 32.1. The summed E-state index contributed by atoms with van der Waals surface area (Å²) in [6.45, 7) is 1.11. The van der Waals surface area contributed by atoms with Crippen LogP contribution >= 0.6 is 11.3 Å². The number of para-hydroxylation sites is 1. The Morgan fingerprint density at radius 1 is 1.25 bits per heavy atom. The molecule has 0 saturated carbocycles. The fourth-order valence-corrected chi connectivity index (χ4v) is 3.19. The number of nitrogens with zero attached hydrogens (tertiary/aromatic N) is 4. The van der Waals surface area contributed by atoms with Crippen molar-refractivity contribution < 1.29 is 0 Å². The standard InChI is InChI=1S/C14H13N5S/c15-7-12-11-3-1-2-4-13(11)19(17-12)9-10-8-18-5-6-20-14(18)16-10/h1-6,8H,7,9,15H2. The highest BCUT2D eigenvalue weighted by molar-refractivity contribution is 7.15. The van der Waals surface area contributed by atoms with Crippen LogP contribution in [0.1, 0.15) is 11.4 Å². The molecule has 6 heteroatoms. The normalized spacial score (nSPS) is 11.7. The number of aromatic nitrogens is 4. The zero-order valence-electron chi connectivity index (χ0n) is 10.7. The average molecular weight is 283 g/mol. The van der Waals surface area contributed by atoms with Crippen LogP contribution in [0.5, 0.6) is 0 Å². The predicted molar refractivity (Wildman–Crippen MR) is 79.8 cm³/mol. The Kier molecular flexibility index (Phi) is 2.58. The molecule has 4 aromatic rings. The van der Waals surface area contributed by atoms with Crippen LogP contribution in [0.4, 0.5) is 0 Å². The van der Waals surface area contributed by atoms with Crippen molar-refractivity contribution >= 4 is 27.2 Å². The predicted octanol–water partition coefficient (Wildman–Crippen LogP) is 2.25. The maximum absolute atomic E-state index is 5.77. The maximum atomic E-state index is 5.77. The summed E-state index contributed by atoms with van der Waals surface area (Å²) in [5, 5.41) is 7.75. The molecule has 2 N–H and O–H groups in total. The first-order valence-electron chi connectivity index (χ1n) is 6.41. The van der Waals surface area contributed by atoms with Gasteiger partial charge in [0, 0.05) is 29.7 Å². The van der Waals surface area contributed by atoms with Gasteiger partial charge >= 0.3 is 0 Å². The van der Waals surface area contributed by atoms with Crippen molar-refractivity contribution in [1.82, 2.24) is 19.2 Å². The van der Waals surface area contributed by atoms with Gasteiger partial charge in [-0.1, -0.05) is 18.2 Å². The smallest absolute Gasteiger partial charge is 0.193 e. The quantitative estimate of drug-likeness (QED) is 0.627. The number of benzene rings is 1. The van der Waals surface area contributed by atoms with Crippen molar-refractivity contribution in [2.24, 2.45) is 5.73 Å². The second-order valence-corrected chi connectivity index (χ2v) is 5.52. The van der Waals surface area contributed by atoms with E-state index in [1.807, 2.05) is 39.0 Å². The van der Waals surface area contributed by atoms with Crippen LogP contribution in [0.3, 0.4) is 0 Å². The summed E-state index contributed by atoms with van der Waals surface area (Å²) in [6, 6.07) is 8.17. The molecule has 0 aliphatic heterocycles. The van der Waals surface area contributed by atoms with E-state index in [4.69, 9.17) is 5.73 Å². The molecule has 0 radical (unpaired) electrons. The molecule has 5 nitrogen and oxygen atoms in total. The lowest BCUT2D eigenvalue weighted by Crippen LogP contribution is -2.04. The Morgan fingerprint density at radius 2 is 2.15 bits per heavy atom. The Labute approximate surface area is 119 Å². The number of imidazole rings is 1. The summed E-state index contributed by atoms with van der Waals surface area (Å²) in [7, 11) is 0. The number of hydrogen-bond donors (Lipinski definition) is 1. The van der Waals surface area contributed by atoms with Crippen LogP contribution in [-0.4, -0.2) is 19.2 Å². The third kappa shape index (κ3) is 1.73. The topological polar surface area (TPSA) is 61.1 Å². The molecule has 0 saturated heterocycles. The van der Waals surface area contributed by atoms with Gasteiger partial charge in [0.2, 0.25) is 0 Å². The van der Waals surface area contributed by atoms with E-state index in [0.717, 1.165) is 27.3 Å². The molecule has 4 rings (SSSR count). The summed E-state index contributed by atoms with van der Waals surface area (Å²) in [5.74, 6) is 0. The van der Waals surface area contributed by atoms with Crippen molar-refractivity contribution in [1.29, 1.82) is 0 Å². The molecule has 0 aliphatic rings. The molecular weight excluding hydrogens is 270 g/mol. The van der Waals surface area contributed by atoms with Crippen molar-refractivity contribution in [2.75, 3.05) is 0 Å². The third-order valence-electron chi connectivity index (χ3n) is 3.38. The Hall–Kier alpha value is -2.18. The molecule has 0 unspecified atom stereocenters. The van der Waals surface area contributed by atoms with E-state index in [0.29, 0.717) is 13.1 Å². The minimum absolute atomic E-state index is 0.450. The lowest BCUT2D eigenvalue weighted by atomic mass is 10.2. The molecule has 3 aromatic heterocycles. The van der Waals surface area contributed by atoms with Gasteiger partial charge in [-0.25, -0.2) is 4.98 Å². The van der Waals surface area contributed by atoms with Crippen LogP contribution in [0, 0.1) is 0 Å². The summed E-state index contributed by atoms with van der Waals surface area (Å²) >= 11 is 1.63. The Morgan fingerprint density at radius 3 is 3.00 bits per heavy atom. The molecule has 0 atom stereocenters. The molecule has 0 aliphatic carbocycles. The third-order valence-corrected chi connectivity index (χ3v) is 4.15. The average Bonchev–Trinajstić information content (AvgIpc) is 3.12. The molecule has 0 spiro atoms. The van der Waals surface area contributed by atoms with E-state index in [1.165, 1.54) is 0 Å². The zero-order valence-corrected chi connectivity index (χ0v) is 11.5. The Bertz CT molecular complexity index is 857. The van der Waals surface area contributed by atoms with E-state index in [1.54, 1.807) is 11.3 Å². The number of nitrogens with two attached hydrogens (primary N) is 1. The largest absolute Gasteiger partial charge is 0.325 e. The van der Waals surface area contributed by atoms with Gasteiger partial charge in [-0.3, -0.25) is 9.08 Å². The second-order valence-electron chi connectivity index (χ2n) is 4.65. The SMILES string of the molecule is NCc1nn(Cc2cn3ccsc3n2)c2ccccc12. The second kappa shape index (κ2) is 4.43. The van der Waals surface area contributed by atoms with Crippen molar-refractivity contribution in [3.63, 3.8) is 0 Å². The zero-order chi connectivity index (χ0) is 13.5. The van der Waals surface area contributed by atoms with Gasteiger partial charge in [-0.05, 0) is 6.07 Å². The van der Waals surface area contributed by atoms with E-state index in [9.17, 15) is 0 Å². The highest BCUT2D eigenvalue weighted by Crippen LogP contribution is 2.19. The number of rotatable bonds is 3. The van der Waals surface area contributed by atoms with Crippen molar-refractivity contribution in [2.45, 2.75) is 13.1 Å². The highest BCUT2D eigenvalue weighted by Gasteiger charge is 2.10. The first-order chi connectivity index (χ1) is 9.85. The molecule has 0 fully saturated rings. The number of fused-ring (bicyclic) bond motifs is 2. The number of hydrogen-bond acceptors (Lipinski definition) is 4. The Balaban J connectivity index is 1.80. The van der Waals surface area contributed by atoms with Gasteiger partial charge in [0.1, 0.15) is 0 Å². The van der Waals surface area contributed by atoms with E-state index >= 15 is 0 Å². The van der Waals surface area contributed by atoms with Crippen molar-refractivity contribution in [3.05, 3.63) is 53.4 Å². The molecular formula is C14H13N5S. The van der Waals surface area contributed by atoms with Crippen LogP contribution in [-0.2, 0) is 13.1 Å². The molecule has 1 aromatic carbocycles. The van der Waals surface area contributed by atoms with Gasteiger partial charge in [-0.15, -0.1) is 11.3 Å². The van der Waals surface area contributed by atoms with Crippen LogP contribution in [0.25, 0.3) is 15.9 Å². The van der Waals surface area contributed by atoms with Crippen LogP contribution in [0.15, 0.2) is 42.0 Å². The van der Waals surface area contributed by atoms with Gasteiger partial charge in [0.05, 0.1) is 23.4 Å². The molecule has 20 heavy (non-hydrogen) atoms. The summed E-state index contributed by atoms with van der Waals surface area (Å²) < 4.78 is 4.01. The lowest BCUT2D eigenvalue weighted by molar-refractivity contribution is 0.683. The van der Waals surface area contributed by atoms with Gasteiger partial charge < -0.3 is 5.73 Å². The van der Waals surface area contributed by atoms with Gasteiger partial charge in [0.15, 0.2) is 4.96 Å². The van der Waals surface area contributed by atoms with E-state index in [-0.39, 0.29) is 0 Å². The summed E-state index contributed by atoms with van der Waals surface area (Å²) in [5.41, 5.74) is 8.81. The maximum Gasteiger partial charge on any atom is 0.193 e.